The zero-order chi connectivity index (χ0) is 25.0. The zero-order valence-electron chi connectivity index (χ0n) is 21.0. The van der Waals surface area contributed by atoms with Crippen LogP contribution in [0, 0.1) is 35.2 Å². The number of hydrogen-bond donors (Lipinski definition) is 1. The molecule has 31 heavy (non-hydrogen) atoms. The lowest BCUT2D eigenvalue weighted by molar-refractivity contribution is 0.0545. The number of nitrogens with one attached hydrogen (secondary N) is 1. The highest BCUT2D eigenvalue weighted by atomic mass is 19.2. The van der Waals surface area contributed by atoms with Crippen molar-refractivity contribution in [2.45, 2.75) is 31.6 Å². The van der Waals surface area contributed by atoms with Gasteiger partial charge < -0.3 is 15.0 Å². The molecule has 1 saturated carbocycles. The average molecular weight is 437 g/mol. The van der Waals surface area contributed by atoms with Crippen molar-refractivity contribution >= 4 is 5.82 Å². The molecule has 1 aliphatic carbocycles. The Morgan fingerprint density at radius 1 is 1.06 bits per heavy atom. The first-order valence-corrected chi connectivity index (χ1v) is 10.6. The minimum Gasteiger partial charge on any atom is -0.381 e. The Balaban J connectivity index is 1.31. The standard InChI is InChI=1S/C23H27F3N4O/c24-17-9-19(23(26)20(25)10-17)21-1-2-22(29-28-21)27-18-7-15-12-30(13-16(15)8-18)11-14-3-5-31-6-4-14/h1-2,9-10,14-16,18H,3-8,11-13H2,(H,27,29)/t15-,16+,18?/i7D2,8D2. The summed E-state index contributed by atoms with van der Waals surface area (Å²) in [6.07, 6.45) is -1.76. The number of ether oxygens (including phenoxy) is 1. The van der Waals surface area contributed by atoms with Gasteiger partial charge in [0.05, 0.1) is 5.69 Å². The highest BCUT2D eigenvalue weighted by Crippen LogP contribution is 2.39. The first-order valence-electron chi connectivity index (χ1n) is 12.6. The number of benzene rings is 1. The van der Waals surface area contributed by atoms with Crippen LogP contribution in [0.2, 0.25) is 0 Å². The van der Waals surface area contributed by atoms with Gasteiger partial charge in [-0.3, -0.25) is 0 Å². The second-order valence-corrected chi connectivity index (χ2v) is 8.45. The van der Waals surface area contributed by atoms with Crippen LogP contribution in [0.4, 0.5) is 19.0 Å². The maximum atomic E-state index is 14.1. The van der Waals surface area contributed by atoms with Crippen molar-refractivity contribution in [1.82, 2.24) is 15.1 Å². The molecule has 0 spiro atoms. The van der Waals surface area contributed by atoms with Crippen LogP contribution in [-0.4, -0.2) is 54.0 Å². The van der Waals surface area contributed by atoms with E-state index in [1.54, 1.807) is 0 Å². The third-order valence-corrected chi connectivity index (χ3v) is 6.24. The summed E-state index contributed by atoms with van der Waals surface area (Å²) in [4.78, 5) is 2.18. The maximum Gasteiger partial charge on any atom is 0.168 e. The molecule has 5 rings (SSSR count). The fourth-order valence-electron chi connectivity index (χ4n) is 4.67. The highest BCUT2D eigenvalue weighted by molar-refractivity contribution is 5.60. The van der Waals surface area contributed by atoms with Crippen molar-refractivity contribution in [3.05, 3.63) is 41.7 Å². The Morgan fingerprint density at radius 3 is 2.48 bits per heavy atom. The Labute approximate surface area is 185 Å². The lowest BCUT2D eigenvalue weighted by atomic mass is 10.00. The van der Waals surface area contributed by atoms with Crippen LogP contribution >= 0.6 is 0 Å². The third kappa shape index (κ3) is 4.55. The number of hydrogen-bond acceptors (Lipinski definition) is 5. The van der Waals surface area contributed by atoms with Crippen LogP contribution in [0.5, 0.6) is 0 Å². The Bertz CT molecular complexity index is 1060. The summed E-state index contributed by atoms with van der Waals surface area (Å²) in [5, 5.41) is 10.6. The lowest BCUT2D eigenvalue weighted by Gasteiger charge is -2.27. The van der Waals surface area contributed by atoms with Crippen LogP contribution in [0.15, 0.2) is 24.3 Å². The first kappa shape index (κ1) is 16.4. The molecule has 3 heterocycles. The molecule has 0 amide bonds. The number of rotatable bonds is 5. The minimum absolute atomic E-state index is 0.0930. The third-order valence-electron chi connectivity index (χ3n) is 6.24. The fourth-order valence-corrected chi connectivity index (χ4v) is 4.67. The molecular weight excluding hydrogens is 405 g/mol. The number of fused-ring (bicyclic) bond motifs is 1. The van der Waals surface area contributed by atoms with E-state index in [4.69, 9.17) is 10.2 Å². The van der Waals surface area contributed by atoms with E-state index >= 15 is 0 Å². The topological polar surface area (TPSA) is 50.3 Å². The van der Waals surface area contributed by atoms with E-state index in [0.717, 1.165) is 38.7 Å². The number of anilines is 1. The van der Waals surface area contributed by atoms with Crippen LogP contribution in [0.1, 0.15) is 31.1 Å². The zero-order valence-corrected chi connectivity index (χ0v) is 17.0. The number of halogens is 3. The van der Waals surface area contributed by atoms with Gasteiger partial charge in [0.25, 0.3) is 0 Å². The summed E-state index contributed by atoms with van der Waals surface area (Å²) in [5.74, 6) is -3.91. The van der Waals surface area contributed by atoms with Crippen molar-refractivity contribution in [3.8, 4) is 11.3 Å². The Morgan fingerprint density at radius 2 is 1.81 bits per heavy atom. The predicted octanol–water partition coefficient (Wildman–Crippen LogP) is 4.11. The largest absolute Gasteiger partial charge is 0.381 e. The predicted molar refractivity (Wildman–Crippen MR) is 111 cm³/mol. The van der Waals surface area contributed by atoms with E-state index in [2.05, 4.69) is 20.4 Å². The SMILES string of the molecule is [2H]C1([2H])C(Nc2ccc(-c3cc(F)cc(F)c3F)nn2)C([2H])([2H])[C@H]2CN(CC3CCOCC3)C[C@H]21. The average Bonchev–Trinajstić information content (AvgIpc) is 3.31. The molecule has 2 aliphatic heterocycles. The van der Waals surface area contributed by atoms with Crippen molar-refractivity contribution in [1.29, 1.82) is 0 Å². The van der Waals surface area contributed by atoms with Gasteiger partial charge in [-0.25, -0.2) is 13.2 Å². The van der Waals surface area contributed by atoms with E-state index in [1.165, 1.54) is 12.1 Å². The van der Waals surface area contributed by atoms with Crippen LogP contribution in [0.3, 0.4) is 0 Å². The Hall–Kier alpha value is -2.19. The summed E-state index contributed by atoms with van der Waals surface area (Å²) in [5.41, 5.74) is -0.475. The smallest absolute Gasteiger partial charge is 0.168 e. The minimum atomic E-state index is -1.85. The quantitative estimate of drug-likeness (QED) is 0.715. The molecule has 1 unspecified atom stereocenters. The molecule has 166 valence electrons. The van der Waals surface area contributed by atoms with Gasteiger partial charge in [-0.2, -0.15) is 0 Å². The summed E-state index contributed by atoms with van der Waals surface area (Å²) in [6.45, 7) is 3.27. The molecular formula is C23H27F3N4O. The molecule has 0 radical (unpaired) electrons. The molecule has 2 saturated heterocycles. The number of likely N-dealkylation sites (tertiary alicyclic amines) is 1. The molecule has 3 atom stereocenters. The van der Waals surface area contributed by atoms with Gasteiger partial charge in [0.1, 0.15) is 11.6 Å². The monoisotopic (exact) mass is 436 g/mol. The van der Waals surface area contributed by atoms with Crippen molar-refractivity contribution in [2.24, 2.45) is 17.8 Å². The normalized spacial score (nSPS) is 32.0. The molecule has 1 aromatic carbocycles. The van der Waals surface area contributed by atoms with E-state index in [-0.39, 0.29) is 17.1 Å². The molecule has 3 fully saturated rings. The van der Waals surface area contributed by atoms with Gasteiger partial charge in [0, 0.05) is 56.0 Å². The van der Waals surface area contributed by atoms with Crippen molar-refractivity contribution in [3.63, 3.8) is 0 Å². The van der Waals surface area contributed by atoms with Gasteiger partial charge >= 0.3 is 0 Å². The van der Waals surface area contributed by atoms with Crippen molar-refractivity contribution in [2.75, 3.05) is 38.2 Å². The van der Waals surface area contributed by atoms with Crippen LogP contribution in [-0.2, 0) is 4.74 Å². The summed E-state index contributed by atoms with van der Waals surface area (Å²) in [6, 6.07) is 2.77. The molecule has 3 aliphatic rings. The van der Waals surface area contributed by atoms with Crippen LogP contribution in [0.25, 0.3) is 11.3 Å². The lowest BCUT2D eigenvalue weighted by Crippen LogP contribution is -2.32. The molecule has 8 heteroatoms. The highest BCUT2D eigenvalue weighted by Gasteiger charge is 2.41. The number of aromatic nitrogens is 2. The van der Waals surface area contributed by atoms with Gasteiger partial charge in [-0.05, 0) is 61.5 Å². The molecule has 0 bridgehead atoms. The van der Waals surface area contributed by atoms with E-state index in [9.17, 15) is 13.2 Å². The van der Waals surface area contributed by atoms with Gasteiger partial charge in [-0.15, -0.1) is 10.2 Å². The van der Waals surface area contributed by atoms with Gasteiger partial charge in [-0.1, -0.05) is 0 Å². The summed E-state index contributed by atoms with van der Waals surface area (Å²) >= 11 is 0. The van der Waals surface area contributed by atoms with Gasteiger partial charge in [0.15, 0.2) is 11.6 Å². The van der Waals surface area contributed by atoms with E-state index in [1.807, 2.05) is 0 Å². The second kappa shape index (κ2) is 8.74. The Kier molecular flexibility index (Phi) is 4.64. The van der Waals surface area contributed by atoms with E-state index in [0.29, 0.717) is 25.1 Å². The summed E-state index contributed by atoms with van der Waals surface area (Å²) in [7, 11) is 0. The first-order chi connectivity index (χ1) is 16.6. The van der Waals surface area contributed by atoms with Crippen LogP contribution < -0.4 is 5.32 Å². The molecule has 5 nitrogen and oxygen atoms in total. The summed E-state index contributed by atoms with van der Waals surface area (Å²) < 4.78 is 81.7. The van der Waals surface area contributed by atoms with Gasteiger partial charge in [0.2, 0.25) is 0 Å². The fraction of sp³-hybridized carbons (Fsp3) is 0.565. The van der Waals surface area contributed by atoms with Crippen molar-refractivity contribution < 1.29 is 23.4 Å². The molecule has 2 aromatic rings. The van der Waals surface area contributed by atoms with E-state index < -0.39 is 48.1 Å². The molecule has 1 N–H and O–H groups in total. The maximum absolute atomic E-state index is 14.1. The molecule has 1 aromatic heterocycles. The second-order valence-electron chi connectivity index (χ2n) is 8.45. The number of nitrogens with zero attached hydrogens (tertiary/aromatic N) is 3.